The number of halogens is 1. The molecule has 5 aliphatic rings. The molecule has 0 spiro atoms. The number of hydrogen-bond donors (Lipinski definition) is 7. The minimum atomic E-state index is -2.05. The number of rotatable bonds is 24. The van der Waals surface area contributed by atoms with Gasteiger partial charge in [0.15, 0.2) is 17.1 Å². The molecule has 1 saturated carbocycles. The van der Waals surface area contributed by atoms with Crippen LogP contribution in [0.5, 0.6) is 11.5 Å². The van der Waals surface area contributed by atoms with Crippen LogP contribution in [0.1, 0.15) is 79.7 Å². The number of carbonyl (C=O) groups excluding carboxylic acids is 9. The SMILES string of the molecule is CC[C@@]1(O)C(=O)OCc2c1cc1n(c2=O)Cc2c-1nc1cc3c(c(Cl)c1c2CNC(=O)C(OCNC(=O)CNC(=O)[C@H](Cc1ccccc1)NC(=O)CNC(=O)CNC(=O)CCCCCN1C(=O)C=CC1=O)C1CC1)OCO3. The first kappa shape index (κ1) is 54.6. The summed E-state index contributed by atoms with van der Waals surface area (Å²) >= 11 is 6.98. The van der Waals surface area contributed by atoms with E-state index < -0.39 is 91.1 Å². The van der Waals surface area contributed by atoms with Gasteiger partial charge in [-0.1, -0.05) is 55.3 Å². The lowest BCUT2D eigenvalue weighted by Crippen LogP contribution is -2.52. The summed E-state index contributed by atoms with van der Waals surface area (Å²) in [5, 5.41) is 27.5. The Labute approximate surface area is 449 Å². The molecular formula is C53H56ClN9O15. The molecule has 3 atom stereocenters. The van der Waals surface area contributed by atoms with Gasteiger partial charge in [-0.05, 0) is 55.2 Å². The number of imide groups is 1. The van der Waals surface area contributed by atoms with Gasteiger partial charge in [-0.25, -0.2) is 9.78 Å². The number of nitrogens with one attached hydrogen (secondary N) is 6. The molecule has 7 N–H and O–H groups in total. The number of unbranched alkanes of at least 4 members (excludes halogenated alkanes) is 2. The van der Waals surface area contributed by atoms with Gasteiger partial charge in [0.25, 0.3) is 17.4 Å². The topological polar surface area (TPSA) is 321 Å². The fourth-order valence-corrected chi connectivity index (χ4v) is 10.1. The number of aliphatic hydroxyl groups is 1. The average molecular weight is 1090 g/mol. The zero-order valence-electron chi connectivity index (χ0n) is 42.3. The Hall–Kier alpha value is -8.22. The number of aromatic nitrogens is 2. The van der Waals surface area contributed by atoms with Crippen molar-refractivity contribution < 1.29 is 67.2 Å². The van der Waals surface area contributed by atoms with Crippen molar-refractivity contribution in [3.05, 3.63) is 97.8 Å². The first-order valence-corrected chi connectivity index (χ1v) is 25.9. The second kappa shape index (κ2) is 23.6. The van der Waals surface area contributed by atoms with Crippen molar-refractivity contribution in [2.45, 2.75) is 95.7 Å². The van der Waals surface area contributed by atoms with Crippen LogP contribution < -0.4 is 46.9 Å². The summed E-state index contributed by atoms with van der Waals surface area (Å²) in [7, 11) is 0. The minimum Gasteiger partial charge on any atom is -0.458 e. The molecule has 2 aromatic carbocycles. The number of hydrogen-bond acceptors (Lipinski definition) is 16. The van der Waals surface area contributed by atoms with Crippen LogP contribution >= 0.6 is 11.6 Å². The number of esters is 1. The van der Waals surface area contributed by atoms with Gasteiger partial charge in [-0.3, -0.25) is 48.1 Å². The van der Waals surface area contributed by atoms with Crippen molar-refractivity contribution in [3.8, 4) is 22.9 Å². The summed E-state index contributed by atoms with van der Waals surface area (Å²) in [5.74, 6) is -4.79. The number of cyclic esters (lactones) is 1. The Morgan fingerprint density at radius 3 is 2.29 bits per heavy atom. The van der Waals surface area contributed by atoms with E-state index in [0.29, 0.717) is 76.8 Å². The maximum Gasteiger partial charge on any atom is 0.343 e. The van der Waals surface area contributed by atoms with Gasteiger partial charge < -0.3 is 60.5 Å². The van der Waals surface area contributed by atoms with Crippen molar-refractivity contribution in [1.82, 2.24) is 46.4 Å². The number of fused-ring (bicyclic) bond motifs is 6. The maximum absolute atomic E-state index is 14.0. The van der Waals surface area contributed by atoms with Crippen LogP contribution in [-0.4, -0.2) is 125 Å². The van der Waals surface area contributed by atoms with E-state index in [-0.39, 0.29) is 91.9 Å². The quantitative estimate of drug-likeness (QED) is 0.0192. The van der Waals surface area contributed by atoms with Crippen LogP contribution in [-0.2, 0) is 84.3 Å². The Bertz CT molecular complexity index is 3200. The number of amides is 8. The van der Waals surface area contributed by atoms with Gasteiger partial charge >= 0.3 is 5.97 Å². The summed E-state index contributed by atoms with van der Waals surface area (Å²) in [5.41, 5.74) is 0.597. The molecule has 9 rings (SSSR count). The van der Waals surface area contributed by atoms with E-state index in [9.17, 15) is 53.1 Å². The highest BCUT2D eigenvalue weighted by Crippen LogP contribution is 2.48. The molecule has 78 heavy (non-hydrogen) atoms. The molecule has 1 unspecified atom stereocenters. The molecule has 0 saturated heterocycles. The molecular weight excluding hydrogens is 1040 g/mol. The molecule has 2 aromatic heterocycles. The van der Waals surface area contributed by atoms with Crippen LogP contribution in [0.4, 0.5) is 0 Å². The predicted octanol–water partition coefficient (Wildman–Crippen LogP) is 0.508. The average Bonchev–Trinajstić information content (AvgIpc) is 3.89. The second-order valence-corrected chi connectivity index (χ2v) is 19.7. The van der Waals surface area contributed by atoms with Crippen molar-refractivity contribution in [2.24, 2.45) is 5.92 Å². The van der Waals surface area contributed by atoms with Crippen molar-refractivity contribution in [2.75, 3.05) is 39.7 Å². The smallest absolute Gasteiger partial charge is 0.343 e. The zero-order valence-corrected chi connectivity index (χ0v) is 43.1. The third kappa shape index (κ3) is 11.8. The molecule has 25 heteroatoms. The van der Waals surface area contributed by atoms with Crippen molar-refractivity contribution >= 4 is 75.7 Å². The summed E-state index contributed by atoms with van der Waals surface area (Å²) in [6.07, 6.45) is 4.41. The first-order valence-electron chi connectivity index (χ1n) is 25.5. The molecule has 0 radical (unpaired) electrons. The third-order valence-corrected chi connectivity index (χ3v) is 14.4. The highest BCUT2D eigenvalue weighted by atomic mass is 35.5. The number of nitrogens with zero attached hydrogens (tertiary/aromatic N) is 3. The van der Waals surface area contributed by atoms with E-state index in [1.54, 1.807) is 49.4 Å². The molecule has 1 fully saturated rings. The molecule has 24 nitrogen and oxygen atoms in total. The first-order chi connectivity index (χ1) is 37.5. The van der Waals surface area contributed by atoms with Gasteiger partial charge in [0.05, 0.1) is 53.7 Å². The molecule has 0 bridgehead atoms. The van der Waals surface area contributed by atoms with Gasteiger partial charge in [-0.15, -0.1) is 0 Å². The van der Waals surface area contributed by atoms with Crippen LogP contribution in [0.3, 0.4) is 0 Å². The Balaban J connectivity index is 0.770. The molecule has 4 aromatic rings. The number of pyridine rings is 2. The Kier molecular flexibility index (Phi) is 16.5. The Morgan fingerprint density at radius 1 is 0.833 bits per heavy atom. The standard InChI is InChI=1S/C53H56ClN9O15/c1-2-53(74)33-18-36-46-31(24-63(36)51(72)32(33)25-75-52(53)73)30(44-34(61-46)19-37-48(45(44)54)78-27-77-37)20-57-50(71)47(29-12-13-29)76-26-59-40(66)22-58-49(70)35(17-28-9-5-3-6-10-28)60-41(67)23-56-39(65)21-55-38(64)11-7-4-8-16-62-42(68)14-15-43(62)69/h3,5-6,9-10,14-15,18-19,29,35,47,74H,2,4,7-8,11-13,16-17,20-27H2,1H3,(H,55,64)(H,56,65)(H,57,71)(H,58,70)(H,59,66)(H,60,67)/t35-,47?,53-/m0/s1. The molecule has 4 aliphatic heterocycles. The number of benzene rings is 2. The van der Waals surface area contributed by atoms with E-state index >= 15 is 0 Å². The van der Waals surface area contributed by atoms with Gasteiger partial charge in [0.1, 0.15) is 25.5 Å². The lowest BCUT2D eigenvalue weighted by molar-refractivity contribution is -0.172. The van der Waals surface area contributed by atoms with Crippen molar-refractivity contribution in [3.63, 3.8) is 0 Å². The molecule has 8 amide bonds. The fourth-order valence-electron chi connectivity index (χ4n) is 9.70. The minimum absolute atomic E-state index is 0.0132. The lowest BCUT2D eigenvalue weighted by Gasteiger charge is -2.31. The molecule has 410 valence electrons. The summed E-state index contributed by atoms with van der Waals surface area (Å²) in [6, 6.07) is 10.8. The van der Waals surface area contributed by atoms with E-state index in [1.807, 2.05) is 0 Å². The third-order valence-electron chi connectivity index (χ3n) is 14.1. The fraction of sp³-hybridized carbons (Fsp3) is 0.415. The van der Waals surface area contributed by atoms with Crippen LogP contribution in [0.2, 0.25) is 5.02 Å². The van der Waals surface area contributed by atoms with E-state index in [2.05, 4.69) is 31.9 Å². The summed E-state index contributed by atoms with van der Waals surface area (Å²) in [4.78, 5) is 135. The van der Waals surface area contributed by atoms with Gasteiger partial charge in [0, 0.05) is 60.7 Å². The van der Waals surface area contributed by atoms with Crippen LogP contribution in [0, 0.1) is 5.92 Å². The zero-order chi connectivity index (χ0) is 55.3. The molecule has 1 aliphatic carbocycles. The normalized spacial score (nSPS) is 17.4. The van der Waals surface area contributed by atoms with Gasteiger partial charge in [0.2, 0.25) is 42.2 Å². The van der Waals surface area contributed by atoms with Crippen molar-refractivity contribution in [1.29, 1.82) is 0 Å². The highest BCUT2D eigenvalue weighted by Gasteiger charge is 2.46. The molecule has 6 heterocycles. The summed E-state index contributed by atoms with van der Waals surface area (Å²) in [6.45, 7) is -0.502. The largest absolute Gasteiger partial charge is 0.458 e. The highest BCUT2D eigenvalue weighted by molar-refractivity contribution is 6.37. The number of carbonyl (C=O) groups is 9. The van der Waals surface area contributed by atoms with Crippen LogP contribution in [0.15, 0.2) is 59.4 Å². The lowest BCUT2D eigenvalue weighted by atomic mass is 9.86. The van der Waals surface area contributed by atoms with E-state index in [0.717, 1.165) is 4.90 Å². The van der Waals surface area contributed by atoms with E-state index in [1.165, 1.54) is 16.7 Å². The van der Waals surface area contributed by atoms with Crippen LogP contribution in [0.25, 0.3) is 22.3 Å². The summed E-state index contributed by atoms with van der Waals surface area (Å²) < 4.78 is 24.0. The second-order valence-electron chi connectivity index (χ2n) is 19.3. The number of ether oxygens (including phenoxy) is 4. The van der Waals surface area contributed by atoms with E-state index in [4.69, 9.17) is 35.5 Å². The predicted molar refractivity (Wildman–Crippen MR) is 274 cm³/mol. The Morgan fingerprint density at radius 2 is 1.55 bits per heavy atom. The maximum atomic E-state index is 14.0. The van der Waals surface area contributed by atoms with Gasteiger partial charge in [-0.2, -0.15) is 0 Å². The monoisotopic (exact) mass is 1090 g/mol.